The molecule has 0 unspecified atom stereocenters. The van der Waals surface area contributed by atoms with Gasteiger partial charge in [-0.1, -0.05) is 0 Å². The number of carbonyl (C=O) groups excluding carboxylic acids is 2. The molecule has 7 heteroatoms. The van der Waals surface area contributed by atoms with Crippen molar-refractivity contribution >= 4 is 22.8 Å². The largest absolute Gasteiger partial charge is 0.444 e. The molecule has 1 rings (SSSR count). The minimum Gasteiger partial charge on any atom is -0.444 e. The molecule has 1 atom stereocenters. The van der Waals surface area contributed by atoms with Gasteiger partial charge in [-0.2, -0.15) is 0 Å². The van der Waals surface area contributed by atoms with E-state index in [-0.39, 0.29) is 12.0 Å². The van der Waals surface area contributed by atoms with E-state index in [1.165, 1.54) is 0 Å². The van der Waals surface area contributed by atoms with Crippen LogP contribution < -0.4 is 0 Å². The van der Waals surface area contributed by atoms with Crippen molar-refractivity contribution in [1.29, 1.82) is 0 Å². The Labute approximate surface area is 142 Å². The fraction of sp³-hybridized carbons (Fsp3) is 0.875. The summed E-state index contributed by atoms with van der Waals surface area (Å²) in [6.07, 6.45) is 2.03. The number of rotatable bonds is 4. The quantitative estimate of drug-likeness (QED) is 0.781. The Balaban J connectivity index is 2.84. The van der Waals surface area contributed by atoms with Crippen LogP contribution in [0.1, 0.15) is 47.5 Å². The second kappa shape index (κ2) is 7.64. The maximum atomic E-state index is 12.8. The summed E-state index contributed by atoms with van der Waals surface area (Å²) in [5.41, 5.74) is -0.545. The molecule has 0 spiro atoms. The van der Waals surface area contributed by atoms with Gasteiger partial charge in [0.25, 0.3) is 0 Å². The summed E-state index contributed by atoms with van der Waals surface area (Å²) in [5, 5.41) is 0. The third-order valence-electron chi connectivity index (χ3n) is 4.21. The van der Waals surface area contributed by atoms with Gasteiger partial charge >= 0.3 is 6.09 Å². The Morgan fingerprint density at radius 3 is 2.00 bits per heavy atom. The number of amides is 2. The van der Waals surface area contributed by atoms with Crippen LogP contribution in [0.2, 0.25) is 0 Å². The Hall–Kier alpha value is -1.11. The van der Waals surface area contributed by atoms with Crippen LogP contribution >= 0.6 is 0 Å². The molecule has 0 N–H and O–H groups in total. The first-order chi connectivity index (χ1) is 10.6. The zero-order chi connectivity index (χ0) is 17.8. The molecule has 0 radical (unpaired) electrons. The molecule has 23 heavy (non-hydrogen) atoms. The van der Waals surface area contributed by atoms with Crippen molar-refractivity contribution in [1.82, 2.24) is 9.80 Å². The molecule has 1 fully saturated rings. The van der Waals surface area contributed by atoms with Crippen LogP contribution in [-0.4, -0.2) is 68.8 Å². The average molecular weight is 346 g/mol. The molecular formula is C16H30N2O4S. The molecule has 0 aliphatic carbocycles. The number of ether oxygens (including phenoxy) is 1. The molecule has 6 nitrogen and oxygen atoms in total. The van der Waals surface area contributed by atoms with E-state index in [2.05, 4.69) is 0 Å². The Bertz CT molecular complexity index is 461. The third-order valence-corrected chi connectivity index (χ3v) is 5.90. The van der Waals surface area contributed by atoms with Crippen LogP contribution in [0.25, 0.3) is 0 Å². The highest BCUT2D eigenvalue weighted by Crippen LogP contribution is 2.31. The van der Waals surface area contributed by atoms with Crippen molar-refractivity contribution in [3.8, 4) is 0 Å². The molecule has 1 saturated heterocycles. The van der Waals surface area contributed by atoms with Crippen LogP contribution in [0.4, 0.5) is 4.79 Å². The third kappa shape index (κ3) is 4.68. The van der Waals surface area contributed by atoms with E-state index in [0.29, 0.717) is 39.0 Å². The molecule has 1 aliphatic heterocycles. The minimum absolute atomic E-state index is 0.0628. The van der Waals surface area contributed by atoms with Gasteiger partial charge in [-0.15, -0.1) is 0 Å². The highest BCUT2D eigenvalue weighted by molar-refractivity contribution is 7.86. The van der Waals surface area contributed by atoms with Gasteiger partial charge in [0.05, 0.1) is 0 Å². The molecule has 1 heterocycles. The first-order valence-electron chi connectivity index (χ1n) is 8.18. The predicted octanol–water partition coefficient (Wildman–Crippen LogP) is 2.00. The Kier molecular flexibility index (Phi) is 6.62. The van der Waals surface area contributed by atoms with Gasteiger partial charge in [-0.25, -0.2) is 4.79 Å². The van der Waals surface area contributed by atoms with Gasteiger partial charge in [-0.05, 0) is 47.5 Å². The second-order valence-electron chi connectivity index (χ2n) is 6.89. The maximum Gasteiger partial charge on any atom is 0.410 e. The molecular weight excluding hydrogens is 316 g/mol. The highest BCUT2D eigenvalue weighted by atomic mass is 32.2. The molecule has 0 saturated carbocycles. The van der Waals surface area contributed by atoms with Crippen LogP contribution in [0.15, 0.2) is 0 Å². The predicted molar refractivity (Wildman–Crippen MR) is 91.8 cm³/mol. The number of hydrogen-bond donors (Lipinski definition) is 0. The fourth-order valence-electron chi connectivity index (χ4n) is 2.80. The van der Waals surface area contributed by atoms with Gasteiger partial charge < -0.3 is 14.5 Å². The van der Waals surface area contributed by atoms with Crippen molar-refractivity contribution in [3.05, 3.63) is 0 Å². The molecule has 1 aliphatic rings. The van der Waals surface area contributed by atoms with E-state index in [1.807, 2.05) is 34.6 Å². The second-order valence-corrected chi connectivity index (χ2v) is 8.58. The van der Waals surface area contributed by atoms with E-state index in [1.54, 1.807) is 16.1 Å². The lowest BCUT2D eigenvalue weighted by Gasteiger charge is -2.41. The van der Waals surface area contributed by atoms with Gasteiger partial charge in [0.15, 0.2) is 0 Å². The number of piperidine rings is 1. The van der Waals surface area contributed by atoms with E-state index in [0.717, 1.165) is 0 Å². The number of likely N-dealkylation sites (tertiary alicyclic amines) is 1. The number of hydrogen-bond acceptors (Lipinski definition) is 4. The lowest BCUT2D eigenvalue weighted by atomic mass is 9.94. The summed E-state index contributed by atoms with van der Waals surface area (Å²) in [7, 11) is -1.28. The molecule has 0 bridgehead atoms. The van der Waals surface area contributed by atoms with Crippen LogP contribution in [0.3, 0.4) is 0 Å². The monoisotopic (exact) mass is 346 g/mol. The zero-order valence-electron chi connectivity index (χ0n) is 15.2. The van der Waals surface area contributed by atoms with Gasteiger partial charge in [0, 0.05) is 43.2 Å². The normalized spacial score (nSPS) is 19.1. The maximum absolute atomic E-state index is 12.8. The van der Waals surface area contributed by atoms with Crippen molar-refractivity contribution < 1.29 is 18.5 Å². The molecule has 0 aromatic carbocycles. The highest BCUT2D eigenvalue weighted by Gasteiger charge is 2.47. The van der Waals surface area contributed by atoms with Crippen molar-refractivity contribution in [3.63, 3.8) is 0 Å². The van der Waals surface area contributed by atoms with Crippen LogP contribution in [0.5, 0.6) is 0 Å². The summed E-state index contributed by atoms with van der Waals surface area (Å²) >= 11 is 0. The molecule has 134 valence electrons. The van der Waals surface area contributed by atoms with E-state index < -0.39 is 21.1 Å². The summed E-state index contributed by atoms with van der Waals surface area (Å²) in [6.45, 7) is 11.3. The van der Waals surface area contributed by atoms with Crippen molar-refractivity contribution in [2.45, 2.75) is 57.8 Å². The lowest BCUT2D eigenvalue weighted by molar-refractivity contribution is -0.134. The average Bonchev–Trinajstić information content (AvgIpc) is 2.46. The Morgan fingerprint density at radius 1 is 1.17 bits per heavy atom. The van der Waals surface area contributed by atoms with Crippen LogP contribution in [-0.2, 0) is 20.3 Å². The first kappa shape index (κ1) is 19.9. The lowest BCUT2D eigenvalue weighted by Crippen LogP contribution is -2.58. The topological polar surface area (TPSA) is 66.9 Å². The van der Waals surface area contributed by atoms with Crippen LogP contribution in [0, 0.1) is 0 Å². The first-order valence-corrected chi connectivity index (χ1v) is 9.74. The fourth-order valence-corrected chi connectivity index (χ4v) is 3.93. The summed E-state index contributed by atoms with van der Waals surface area (Å²) in [6, 6.07) is 0. The summed E-state index contributed by atoms with van der Waals surface area (Å²) < 4.78 is 16.8. The SMILES string of the molecule is CCN(CC)C(=O)C1([S@@](C)=O)CCN(C(=O)OC(C)(C)C)CC1. The standard InChI is InChI=1S/C16H30N2O4S/c1-7-17(8-2)13(19)16(23(6)21)9-11-18(12-10-16)14(20)22-15(3,4)5/h7-12H2,1-6H3/t23-/m1/s1. The number of nitrogens with zero attached hydrogens (tertiary/aromatic N) is 2. The smallest absolute Gasteiger partial charge is 0.410 e. The molecule has 2 amide bonds. The summed E-state index contributed by atoms with van der Waals surface area (Å²) in [5.74, 6) is -0.0628. The molecule has 0 aromatic heterocycles. The van der Waals surface area contributed by atoms with Gasteiger partial charge in [0.2, 0.25) is 5.91 Å². The van der Waals surface area contributed by atoms with E-state index >= 15 is 0 Å². The van der Waals surface area contributed by atoms with Gasteiger partial charge in [0.1, 0.15) is 10.3 Å². The Morgan fingerprint density at radius 2 is 1.65 bits per heavy atom. The van der Waals surface area contributed by atoms with Crippen molar-refractivity contribution in [2.24, 2.45) is 0 Å². The van der Waals surface area contributed by atoms with E-state index in [4.69, 9.17) is 4.74 Å². The number of carbonyl (C=O) groups is 2. The zero-order valence-corrected chi connectivity index (χ0v) is 16.0. The summed E-state index contributed by atoms with van der Waals surface area (Å²) in [4.78, 5) is 28.3. The van der Waals surface area contributed by atoms with E-state index in [9.17, 15) is 13.8 Å². The minimum atomic E-state index is -1.28. The van der Waals surface area contributed by atoms with Gasteiger partial charge in [-0.3, -0.25) is 9.00 Å². The molecule has 0 aromatic rings. The van der Waals surface area contributed by atoms with Crippen molar-refractivity contribution in [2.75, 3.05) is 32.4 Å².